The summed E-state index contributed by atoms with van der Waals surface area (Å²) < 4.78 is 0.798. The van der Waals surface area contributed by atoms with E-state index in [0.717, 1.165) is 10.0 Å². The van der Waals surface area contributed by atoms with E-state index in [1.165, 1.54) is 6.21 Å². The Bertz CT molecular complexity index is 689. The van der Waals surface area contributed by atoms with Crippen LogP contribution in [0, 0.1) is 0 Å². The van der Waals surface area contributed by atoms with Crippen molar-refractivity contribution in [3.8, 4) is 0 Å². The van der Waals surface area contributed by atoms with Gasteiger partial charge in [0.05, 0.1) is 12.8 Å². The topological polar surface area (TPSA) is 83.5 Å². The van der Waals surface area contributed by atoms with Crippen molar-refractivity contribution in [1.29, 1.82) is 0 Å². The maximum Gasteiger partial charge on any atom is 0.259 e. The minimum absolute atomic E-state index is 0.154. The van der Waals surface area contributed by atoms with Gasteiger partial charge in [-0.15, -0.1) is 0 Å². The number of hydrogen-bond donors (Lipinski definition) is 2. The standard InChI is InChI=1S/C15H13BrN4O2/c16-13-3-1-2-12(8-13)15(22)18-10-14(21)20-19-9-11-4-6-17-7-5-11/h1-9H,10H2,(H,18,22)(H,20,21)/b19-9+. The van der Waals surface area contributed by atoms with Crippen LogP contribution in [0.3, 0.4) is 0 Å². The summed E-state index contributed by atoms with van der Waals surface area (Å²) in [6.07, 6.45) is 4.75. The molecule has 0 radical (unpaired) electrons. The molecule has 1 aromatic heterocycles. The average Bonchev–Trinajstić information content (AvgIpc) is 2.53. The van der Waals surface area contributed by atoms with Crippen molar-refractivity contribution in [3.63, 3.8) is 0 Å². The first kappa shape index (κ1) is 15.8. The number of amides is 2. The fourth-order valence-corrected chi connectivity index (χ4v) is 1.96. The number of nitrogens with zero attached hydrogens (tertiary/aromatic N) is 2. The molecule has 0 aliphatic rings. The van der Waals surface area contributed by atoms with E-state index in [-0.39, 0.29) is 12.5 Å². The normalized spacial score (nSPS) is 10.4. The van der Waals surface area contributed by atoms with Crippen molar-refractivity contribution in [1.82, 2.24) is 15.7 Å². The molecule has 112 valence electrons. The fourth-order valence-electron chi connectivity index (χ4n) is 1.56. The number of hydrazone groups is 1. The molecule has 1 heterocycles. The minimum Gasteiger partial charge on any atom is -0.343 e. The highest BCUT2D eigenvalue weighted by Gasteiger charge is 2.07. The van der Waals surface area contributed by atoms with Crippen molar-refractivity contribution < 1.29 is 9.59 Å². The van der Waals surface area contributed by atoms with Gasteiger partial charge in [0, 0.05) is 22.4 Å². The van der Waals surface area contributed by atoms with Crippen LogP contribution in [0.1, 0.15) is 15.9 Å². The van der Waals surface area contributed by atoms with Crippen molar-refractivity contribution in [2.45, 2.75) is 0 Å². The Labute approximate surface area is 135 Å². The zero-order chi connectivity index (χ0) is 15.8. The van der Waals surface area contributed by atoms with Gasteiger partial charge in [-0.1, -0.05) is 22.0 Å². The molecule has 0 fully saturated rings. The predicted molar refractivity (Wildman–Crippen MR) is 86.4 cm³/mol. The van der Waals surface area contributed by atoms with Crippen molar-refractivity contribution >= 4 is 34.0 Å². The molecule has 0 spiro atoms. The van der Waals surface area contributed by atoms with Gasteiger partial charge in [-0.25, -0.2) is 5.43 Å². The molecule has 0 aliphatic heterocycles. The molecule has 7 heteroatoms. The number of rotatable bonds is 5. The lowest BCUT2D eigenvalue weighted by atomic mass is 10.2. The van der Waals surface area contributed by atoms with E-state index in [2.05, 4.69) is 36.8 Å². The summed E-state index contributed by atoms with van der Waals surface area (Å²) in [6, 6.07) is 10.4. The maximum absolute atomic E-state index is 11.8. The molecular formula is C15H13BrN4O2. The van der Waals surface area contributed by atoms with Gasteiger partial charge in [0.25, 0.3) is 11.8 Å². The van der Waals surface area contributed by atoms with E-state index in [4.69, 9.17) is 0 Å². The quantitative estimate of drug-likeness (QED) is 0.628. The molecule has 22 heavy (non-hydrogen) atoms. The van der Waals surface area contributed by atoms with Crippen LogP contribution in [0.25, 0.3) is 0 Å². The zero-order valence-electron chi connectivity index (χ0n) is 11.5. The highest BCUT2D eigenvalue weighted by atomic mass is 79.9. The molecule has 0 atom stereocenters. The Morgan fingerprint density at radius 2 is 2.00 bits per heavy atom. The fraction of sp³-hybridized carbons (Fsp3) is 0.0667. The smallest absolute Gasteiger partial charge is 0.259 e. The Morgan fingerprint density at radius 3 is 2.73 bits per heavy atom. The van der Waals surface area contributed by atoms with Gasteiger partial charge in [-0.3, -0.25) is 14.6 Å². The van der Waals surface area contributed by atoms with Gasteiger partial charge in [-0.05, 0) is 35.9 Å². The van der Waals surface area contributed by atoms with Gasteiger partial charge in [-0.2, -0.15) is 5.10 Å². The Hall–Kier alpha value is -2.54. The molecule has 2 aromatic rings. The summed E-state index contributed by atoms with van der Waals surface area (Å²) in [5, 5.41) is 6.31. The van der Waals surface area contributed by atoms with E-state index in [9.17, 15) is 9.59 Å². The van der Waals surface area contributed by atoms with Crippen LogP contribution in [0.4, 0.5) is 0 Å². The number of benzene rings is 1. The number of pyridine rings is 1. The number of aromatic nitrogens is 1. The Morgan fingerprint density at radius 1 is 1.23 bits per heavy atom. The lowest BCUT2D eigenvalue weighted by Gasteiger charge is -2.04. The molecule has 0 saturated heterocycles. The van der Waals surface area contributed by atoms with Crippen LogP contribution in [0.5, 0.6) is 0 Å². The van der Waals surface area contributed by atoms with Crippen LogP contribution in [0.2, 0.25) is 0 Å². The first-order valence-corrected chi connectivity index (χ1v) is 7.20. The second-order valence-electron chi connectivity index (χ2n) is 4.27. The highest BCUT2D eigenvalue weighted by molar-refractivity contribution is 9.10. The molecule has 1 aromatic carbocycles. The van der Waals surface area contributed by atoms with E-state index in [1.807, 2.05) is 6.07 Å². The first-order chi connectivity index (χ1) is 10.6. The summed E-state index contributed by atoms with van der Waals surface area (Å²) >= 11 is 3.28. The molecule has 6 nitrogen and oxygen atoms in total. The van der Waals surface area contributed by atoms with Crippen LogP contribution in [-0.2, 0) is 4.79 Å². The summed E-state index contributed by atoms with van der Waals surface area (Å²) in [6.45, 7) is -0.154. The number of halogens is 1. The molecule has 0 unspecified atom stereocenters. The summed E-state index contributed by atoms with van der Waals surface area (Å²) in [7, 11) is 0. The maximum atomic E-state index is 11.8. The average molecular weight is 361 g/mol. The van der Waals surface area contributed by atoms with Crippen molar-refractivity contribution in [2.24, 2.45) is 5.10 Å². The molecular weight excluding hydrogens is 348 g/mol. The van der Waals surface area contributed by atoms with Crippen LogP contribution in [-0.4, -0.2) is 29.6 Å². The number of carbonyl (C=O) groups is 2. The molecule has 0 bridgehead atoms. The summed E-state index contributed by atoms with van der Waals surface area (Å²) in [5.74, 6) is -0.733. The van der Waals surface area contributed by atoms with Gasteiger partial charge in [0.1, 0.15) is 0 Å². The van der Waals surface area contributed by atoms with Crippen molar-refractivity contribution in [3.05, 3.63) is 64.4 Å². The third-order valence-corrected chi connectivity index (χ3v) is 3.10. The van der Waals surface area contributed by atoms with Gasteiger partial charge >= 0.3 is 0 Å². The lowest BCUT2D eigenvalue weighted by molar-refractivity contribution is -0.120. The van der Waals surface area contributed by atoms with Gasteiger partial charge < -0.3 is 5.32 Å². The predicted octanol–water partition coefficient (Wildman–Crippen LogP) is 1.72. The van der Waals surface area contributed by atoms with Crippen molar-refractivity contribution in [2.75, 3.05) is 6.54 Å². The van der Waals surface area contributed by atoms with E-state index in [1.54, 1.807) is 42.7 Å². The number of hydrogen-bond acceptors (Lipinski definition) is 4. The van der Waals surface area contributed by atoms with E-state index in [0.29, 0.717) is 5.56 Å². The van der Waals surface area contributed by atoms with Gasteiger partial charge in [0.15, 0.2) is 0 Å². The Kier molecular flexibility index (Phi) is 5.79. The molecule has 2 amide bonds. The first-order valence-electron chi connectivity index (χ1n) is 6.41. The largest absolute Gasteiger partial charge is 0.343 e. The van der Waals surface area contributed by atoms with Gasteiger partial charge in [0.2, 0.25) is 0 Å². The third kappa shape index (κ3) is 5.10. The van der Waals surface area contributed by atoms with E-state index >= 15 is 0 Å². The second kappa shape index (κ2) is 8.04. The molecule has 2 rings (SSSR count). The third-order valence-electron chi connectivity index (χ3n) is 2.61. The lowest BCUT2D eigenvalue weighted by Crippen LogP contribution is -2.34. The second-order valence-corrected chi connectivity index (χ2v) is 5.18. The molecule has 2 N–H and O–H groups in total. The summed E-state index contributed by atoms with van der Waals surface area (Å²) in [4.78, 5) is 27.3. The minimum atomic E-state index is -0.409. The number of nitrogens with one attached hydrogen (secondary N) is 2. The summed E-state index contributed by atoms with van der Waals surface area (Å²) in [5.41, 5.74) is 3.62. The highest BCUT2D eigenvalue weighted by Crippen LogP contribution is 2.11. The Balaban J connectivity index is 1.78. The SMILES string of the molecule is O=C(CNC(=O)c1cccc(Br)c1)N/N=C/c1ccncc1. The zero-order valence-corrected chi connectivity index (χ0v) is 13.1. The number of carbonyl (C=O) groups excluding carboxylic acids is 2. The van der Waals surface area contributed by atoms with E-state index < -0.39 is 5.91 Å². The molecule has 0 saturated carbocycles. The van der Waals surface area contributed by atoms with Crippen LogP contribution < -0.4 is 10.7 Å². The van der Waals surface area contributed by atoms with Crippen LogP contribution in [0.15, 0.2) is 58.4 Å². The monoisotopic (exact) mass is 360 g/mol. The van der Waals surface area contributed by atoms with Crippen LogP contribution >= 0.6 is 15.9 Å². The molecule has 0 aliphatic carbocycles.